The highest BCUT2D eigenvalue weighted by molar-refractivity contribution is 5.79. The van der Waals surface area contributed by atoms with E-state index in [1.165, 1.54) is 0 Å². The van der Waals surface area contributed by atoms with Crippen molar-refractivity contribution in [3.8, 4) is 0 Å². The van der Waals surface area contributed by atoms with Crippen LogP contribution in [0.25, 0.3) is 0 Å². The molecule has 0 N–H and O–H groups in total. The first-order valence-electron chi connectivity index (χ1n) is 7.85. The molecule has 2 aliphatic rings. The number of likely N-dealkylation sites (N-methyl/N-ethyl adjacent to an activating group) is 1. The molecule has 2 amide bonds. The SMILES string of the molecule is CN1C[C@@]2(CCN(C(=O)COCc3ccccc3)C2)OCC1=O. The van der Waals surface area contributed by atoms with Crippen LogP contribution in [0.4, 0.5) is 0 Å². The monoisotopic (exact) mass is 318 g/mol. The van der Waals surface area contributed by atoms with Gasteiger partial charge in [-0.15, -0.1) is 0 Å². The molecule has 23 heavy (non-hydrogen) atoms. The van der Waals surface area contributed by atoms with Crippen LogP contribution in [0.5, 0.6) is 0 Å². The van der Waals surface area contributed by atoms with E-state index in [9.17, 15) is 9.59 Å². The molecule has 0 radical (unpaired) electrons. The maximum absolute atomic E-state index is 12.3. The average molecular weight is 318 g/mol. The summed E-state index contributed by atoms with van der Waals surface area (Å²) < 4.78 is 11.2. The number of ether oxygens (including phenoxy) is 2. The standard InChI is InChI=1S/C17H22N2O4/c1-18-12-17(23-11-15(18)20)7-8-19(13-17)16(21)10-22-9-14-5-3-2-4-6-14/h2-6H,7-13H2,1H3/t17-/m1/s1. The zero-order valence-electron chi connectivity index (χ0n) is 13.4. The van der Waals surface area contributed by atoms with Gasteiger partial charge in [0, 0.05) is 13.6 Å². The maximum Gasteiger partial charge on any atom is 0.248 e. The van der Waals surface area contributed by atoms with Gasteiger partial charge in [0.25, 0.3) is 0 Å². The van der Waals surface area contributed by atoms with E-state index in [-0.39, 0.29) is 25.0 Å². The Kier molecular flexibility index (Phi) is 4.63. The number of carbonyl (C=O) groups excluding carboxylic acids is 2. The predicted molar refractivity (Wildman–Crippen MR) is 83.6 cm³/mol. The minimum Gasteiger partial charge on any atom is -0.367 e. The molecule has 1 aromatic carbocycles. The summed E-state index contributed by atoms with van der Waals surface area (Å²) in [7, 11) is 1.78. The maximum atomic E-state index is 12.3. The van der Waals surface area contributed by atoms with Gasteiger partial charge in [0.15, 0.2) is 0 Å². The summed E-state index contributed by atoms with van der Waals surface area (Å²) in [5.41, 5.74) is 0.645. The second-order valence-electron chi connectivity index (χ2n) is 6.27. The van der Waals surface area contributed by atoms with Crippen LogP contribution in [-0.2, 0) is 25.7 Å². The Morgan fingerprint density at radius 2 is 2.09 bits per heavy atom. The summed E-state index contributed by atoms with van der Waals surface area (Å²) in [6.07, 6.45) is 0.759. The Morgan fingerprint density at radius 1 is 1.30 bits per heavy atom. The molecule has 0 aliphatic carbocycles. The van der Waals surface area contributed by atoms with Crippen LogP contribution in [0, 0.1) is 0 Å². The summed E-state index contributed by atoms with van der Waals surface area (Å²) in [4.78, 5) is 27.3. The molecule has 0 aromatic heterocycles. The molecule has 0 bridgehead atoms. The Labute approximate surface area is 136 Å². The molecule has 1 atom stereocenters. The molecule has 2 aliphatic heterocycles. The molecule has 1 aromatic rings. The quantitative estimate of drug-likeness (QED) is 0.818. The Morgan fingerprint density at radius 3 is 2.83 bits per heavy atom. The lowest BCUT2D eigenvalue weighted by atomic mass is 10.0. The normalized spacial score (nSPS) is 24.5. The van der Waals surface area contributed by atoms with E-state index in [2.05, 4.69) is 0 Å². The Balaban J connectivity index is 1.47. The van der Waals surface area contributed by atoms with Crippen molar-refractivity contribution in [2.75, 3.05) is 39.9 Å². The van der Waals surface area contributed by atoms with E-state index < -0.39 is 5.60 Å². The molecule has 6 nitrogen and oxygen atoms in total. The lowest BCUT2D eigenvalue weighted by Gasteiger charge is -2.38. The van der Waals surface area contributed by atoms with Crippen molar-refractivity contribution >= 4 is 11.8 Å². The predicted octanol–water partition coefficient (Wildman–Crippen LogP) is 0.663. The minimum atomic E-state index is -0.405. The van der Waals surface area contributed by atoms with Crippen LogP contribution in [0.15, 0.2) is 30.3 Å². The fourth-order valence-corrected chi connectivity index (χ4v) is 3.12. The van der Waals surface area contributed by atoms with E-state index in [0.29, 0.717) is 26.2 Å². The third-order valence-electron chi connectivity index (χ3n) is 4.46. The second-order valence-corrected chi connectivity index (χ2v) is 6.27. The third-order valence-corrected chi connectivity index (χ3v) is 4.46. The van der Waals surface area contributed by atoms with E-state index in [4.69, 9.17) is 9.47 Å². The molecular formula is C17H22N2O4. The topological polar surface area (TPSA) is 59.1 Å². The van der Waals surface area contributed by atoms with Crippen LogP contribution >= 0.6 is 0 Å². The lowest BCUT2D eigenvalue weighted by molar-refractivity contribution is -0.160. The molecule has 0 unspecified atom stereocenters. The van der Waals surface area contributed by atoms with Gasteiger partial charge in [-0.3, -0.25) is 9.59 Å². The second kappa shape index (κ2) is 6.68. The van der Waals surface area contributed by atoms with Crippen molar-refractivity contribution < 1.29 is 19.1 Å². The molecule has 1 spiro atoms. The highest BCUT2D eigenvalue weighted by Gasteiger charge is 2.45. The van der Waals surface area contributed by atoms with E-state index in [0.717, 1.165) is 12.0 Å². The lowest BCUT2D eigenvalue weighted by Crippen LogP contribution is -2.54. The van der Waals surface area contributed by atoms with Gasteiger partial charge < -0.3 is 19.3 Å². The van der Waals surface area contributed by atoms with Crippen LogP contribution in [0.3, 0.4) is 0 Å². The fraction of sp³-hybridized carbons (Fsp3) is 0.529. The first kappa shape index (κ1) is 16.0. The number of carbonyl (C=O) groups is 2. The summed E-state index contributed by atoms with van der Waals surface area (Å²) >= 11 is 0. The van der Waals surface area contributed by atoms with Crippen LogP contribution in [0.1, 0.15) is 12.0 Å². The first-order chi connectivity index (χ1) is 11.1. The average Bonchev–Trinajstić information content (AvgIpc) is 2.96. The highest BCUT2D eigenvalue weighted by atomic mass is 16.5. The van der Waals surface area contributed by atoms with Crippen molar-refractivity contribution in [2.45, 2.75) is 18.6 Å². The third kappa shape index (κ3) is 3.71. The number of nitrogens with zero attached hydrogens (tertiary/aromatic N) is 2. The van der Waals surface area contributed by atoms with Gasteiger partial charge in [-0.25, -0.2) is 0 Å². The number of morpholine rings is 1. The van der Waals surface area contributed by atoms with E-state index in [1.54, 1.807) is 16.8 Å². The van der Waals surface area contributed by atoms with Crippen LogP contribution in [0.2, 0.25) is 0 Å². The van der Waals surface area contributed by atoms with Gasteiger partial charge >= 0.3 is 0 Å². The van der Waals surface area contributed by atoms with Gasteiger partial charge in [0.05, 0.1) is 19.7 Å². The summed E-state index contributed by atoms with van der Waals surface area (Å²) in [5.74, 6) is -0.0347. The smallest absolute Gasteiger partial charge is 0.248 e. The van der Waals surface area contributed by atoms with E-state index in [1.807, 2.05) is 30.3 Å². The van der Waals surface area contributed by atoms with Gasteiger partial charge in [0.1, 0.15) is 18.8 Å². The van der Waals surface area contributed by atoms with Crippen molar-refractivity contribution in [3.63, 3.8) is 0 Å². The molecule has 6 heteroatoms. The zero-order valence-corrected chi connectivity index (χ0v) is 13.4. The summed E-state index contributed by atoms with van der Waals surface area (Å²) in [6, 6.07) is 9.78. The number of hydrogen-bond acceptors (Lipinski definition) is 4. The Hall–Kier alpha value is -1.92. The molecule has 2 fully saturated rings. The van der Waals surface area contributed by atoms with Crippen molar-refractivity contribution in [1.82, 2.24) is 9.80 Å². The zero-order chi connectivity index (χ0) is 16.3. The summed E-state index contributed by atoms with van der Waals surface area (Å²) in [5, 5.41) is 0. The molecule has 124 valence electrons. The number of amides is 2. The molecular weight excluding hydrogens is 296 g/mol. The van der Waals surface area contributed by atoms with Gasteiger partial charge in [-0.1, -0.05) is 30.3 Å². The summed E-state index contributed by atoms with van der Waals surface area (Å²) in [6.45, 7) is 2.32. The largest absolute Gasteiger partial charge is 0.367 e. The van der Waals surface area contributed by atoms with Crippen LogP contribution in [-0.4, -0.2) is 67.1 Å². The number of rotatable bonds is 4. The highest BCUT2D eigenvalue weighted by Crippen LogP contribution is 2.29. The van der Waals surface area contributed by atoms with Crippen molar-refractivity contribution in [3.05, 3.63) is 35.9 Å². The van der Waals surface area contributed by atoms with Gasteiger partial charge in [0.2, 0.25) is 11.8 Å². The van der Waals surface area contributed by atoms with Crippen molar-refractivity contribution in [1.29, 1.82) is 0 Å². The first-order valence-corrected chi connectivity index (χ1v) is 7.85. The Bertz CT molecular complexity index is 577. The number of hydrogen-bond donors (Lipinski definition) is 0. The number of likely N-dealkylation sites (tertiary alicyclic amines) is 1. The van der Waals surface area contributed by atoms with Crippen LogP contribution < -0.4 is 0 Å². The van der Waals surface area contributed by atoms with Crippen molar-refractivity contribution in [2.24, 2.45) is 0 Å². The molecule has 3 rings (SSSR count). The fourth-order valence-electron chi connectivity index (χ4n) is 3.12. The number of benzene rings is 1. The molecule has 2 saturated heterocycles. The minimum absolute atomic E-state index is 0.00778. The molecule has 0 saturated carbocycles. The van der Waals surface area contributed by atoms with Gasteiger partial charge in [-0.05, 0) is 12.0 Å². The van der Waals surface area contributed by atoms with E-state index >= 15 is 0 Å². The molecule has 2 heterocycles. The van der Waals surface area contributed by atoms with Gasteiger partial charge in [-0.2, -0.15) is 0 Å².